The van der Waals surface area contributed by atoms with E-state index in [1.165, 1.54) is 4.90 Å². The minimum Gasteiger partial charge on any atom is -0.343 e. The second kappa shape index (κ2) is 6.96. The van der Waals surface area contributed by atoms with E-state index in [4.69, 9.17) is 11.6 Å². The van der Waals surface area contributed by atoms with Crippen LogP contribution in [0.5, 0.6) is 0 Å². The average molecular weight is 392 g/mol. The first kappa shape index (κ1) is 18.5. The molecule has 0 aliphatic carbocycles. The van der Waals surface area contributed by atoms with Crippen molar-refractivity contribution in [3.8, 4) is 0 Å². The SMILES string of the molecule is CC(C)CN1C(=O)C2C(NC3N(c4ccc(Cl)cc4)CCCN23)N(C)C1=O. The first-order valence-electron chi connectivity index (χ1n) is 9.50. The normalized spacial score (nSPS) is 28.8. The zero-order chi connectivity index (χ0) is 19.3. The van der Waals surface area contributed by atoms with E-state index in [9.17, 15) is 9.59 Å². The summed E-state index contributed by atoms with van der Waals surface area (Å²) in [6.45, 7) is 6.20. The Balaban J connectivity index is 1.64. The Morgan fingerprint density at radius 1 is 1.19 bits per heavy atom. The van der Waals surface area contributed by atoms with Gasteiger partial charge < -0.3 is 9.80 Å². The Kier molecular flexibility index (Phi) is 4.78. The fourth-order valence-corrected chi connectivity index (χ4v) is 4.48. The molecule has 3 saturated heterocycles. The number of likely N-dealkylation sites (N-methyl/N-ethyl adjacent to an activating group) is 1. The summed E-state index contributed by atoms with van der Waals surface area (Å²) in [4.78, 5) is 33.5. The summed E-state index contributed by atoms with van der Waals surface area (Å²) >= 11 is 6.03. The van der Waals surface area contributed by atoms with E-state index in [-0.39, 0.29) is 36.4 Å². The highest BCUT2D eigenvalue weighted by Gasteiger charge is 2.56. The molecule has 0 aromatic heterocycles. The highest BCUT2D eigenvalue weighted by Crippen LogP contribution is 2.33. The minimum atomic E-state index is -0.355. The van der Waals surface area contributed by atoms with Gasteiger partial charge in [-0.1, -0.05) is 25.4 Å². The number of carbonyl (C=O) groups is 2. The lowest BCUT2D eigenvalue weighted by Gasteiger charge is -2.44. The lowest BCUT2D eigenvalue weighted by atomic mass is 10.1. The Bertz CT molecular complexity index is 740. The molecule has 1 aromatic carbocycles. The smallest absolute Gasteiger partial charge is 0.327 e. The molecule has 1 N–H and O–H groups in total. The van der Waals surface area contributed by atoms with Crippen LogP contribution < -0.4 is 10.2 Å². The summed E-state index contributed by atoms with van der Waals surface area (Å²) in [5, 5.41) is 4.22. The number of urea groups is 1. The van der Waals surface area contributed by atoms with Gasteiger partial charge in [-0.25, -0.2) is 4.79 Å². The Labute approximate surface area is 164 Å². The van der Waals surface area contributed by atoms with Crippen molar-refractivity contribution < 1.29 is 9.59 Å². The van der Waals surface area contributed by atoms with Crippen molar-refractivity contribution in [3.05, 3.63) is 29.3 Å². The van der Waals surface area contributed by atoms with Gasteiger partial charge in [0.2, 0.25) is 0 Å². The summed E-state index contributed by atoms with van der Waals surface area (Å²) in [6, 6.07) is 7.17. The van der Waals surface area contributed by atoms with Gasteiger partial charge in [-0.3, -0.25) is 19.9 Å². The van der Waals surface area contributed by atoms with Crippen LogP contribution >= 0.6 is 11.6 Å². The number of rotatable bonds is 3. The number of nitrogens with zero attached hydrogens (tertiary/aromatic N) is 4. The van der Waals surface area contributed by atoms with Crippen molar-refractivity contribution in [2.24, 2.45) is 5.92 Å². The number of anilines is 1. The Morgan fingerprint density at radius 2 is 1.89 bits per heavy atom. The zero-order valence-corrected chi connectivity index (χ0v) is 16.7. The van der Waals surface area contributed by atoms with Gasteiger partial charge >= 0.3 is 6.03 Å². The number of hydrogen-bond donors (Lipinski definition) is 1. The number of imide groups is 1. The molecule has 3 amide bonds. The average Bonchev–Trinajstić information content (AvgIpc) is 3.04. The number of fused-ring (bicyclic) bond motifs is 3. The molecular formula is C19H26ClN5O2. The summed E-state index contributed by atoms with van der Waals surface area (Å²) in [7, 11) is 1.78. The molecule has 0 spiro atoms. The molecule has 4 rings (SSSR count). The molecule has 3 atom stereocenters. The van der Waals surface area contributed by atoms with E-state index in [2.05, 4.69) is 15.1 Å². The van der Waals surface area contributed by atoms with Gasteiger partial charge in [0.15, 0.2) is 0 Å². The maximum atomic E-state index is 13.2. The van der Waals surface area contributed by atoms with Crippen LogP contribution in [-0.4, -0.2) is 71.8 Å². The Hall–Kier alpha value is -1.83. The minimum absolute atomic E-state index is 0.0928. The molecule has 0 bridgehead atoms. The van der Waals surface area contributed by atoms with Crippen molar-refractivity contribution in [3.63, 3.8) is 0 Å². The van der Waals surface area contributed by atoms with E-state index in [0.29, 0.717) is 11.6 Å². The van der Waals surface area contributed by atoms with E-state index in [0.717, 1.165) is 25.2 Å². The molecule has 3 heterocycles. The van der Waals surface area contributed by atoms with Crippen LogP contribution in [0.4, 0.5) is 10.5 Å². The zero-order valence-electron chi connectivity index (χ0n) is 15.9. The van der Waals surface area contributed by atoms with E-state index in [1.54, 1.807) is 11.9 Å². The van der Waals surface area contributed by atoms with Gasteiger partial charge in [-0.2, -0.15) is 0 Å². The molecular weight excluding hydrogens is 366 g/mol. The largest absolute Gasteiger partial charge is 0.343 e. The molecule has 3 aliphatic rings. The van der Waals surface area contributed by atoms with Crippen LogP contribution in [0.15, 0.2) is 24.3 Å². The molecule has 3 aliphatic heterocycles. The topological polar surface area (TPSA) is 59.1 Å². The van der Waals surface area contributed by atoms with E-state index >= 15 is 0 Å². The molecule has 0 saturated carbocycles. The van der Waals surface area contributed by atoms with Crippen LogP contribution in [0, 0.1) is 5.92 Å². The van der Waals surface area contributed by atoms with Gasteiger partial charge in [0, 0.05) is 37.4 Å². The van der Waals surface area contributed by atoms with Gasteiger partial charge in [-0.15, -0.1) is 0 Å². The summed E-state index contributed by atoms with van der Waals surface area (Å²) in [5.41, 5.74) is 1.06. The lowest BCUT2D eigenvalue weighted by molar-refractivity contribution is -0.139. The molecule has 146 valence electrons. The molecule has 27 heavy (non-hydrogen) atoms. The third-order valence-corrected chi connectivity index (χ3v) is 5.83. The highest BCUT2D eigenvalue weighted by atomic mass is 35.5. The monoisotopic (exact) mass is 391 g/mol. The predicted octanol–water partition coefficient (Wildman–Crippen LogP) is 1.98. The Morgan fingerprint density at radius 3 is 2.56 bits per heavy atom. The quantitative estimate of drug-likeness (QED) is 0.853. The number of amides is 3. The van der Waals surface area contributed by atoms with Crippen molar-refractivity contribution in [1.29, 1.82) is 0 Å². The molecule has 1 aromatic rings. The standard InChI is InChI=1S/C19H26ClN5O2/c1-12(2)11-25-17(26)15-16(22(3)19(25)27)21-18-23(9-4-10-24(15)18)14-7-5-13(20)6-8-14/h5-8,12,15-16,18,21H,4,9-11H2,1-3H3. The maximum absolute atomic E-state index is 13.2. The third-order valence-electron chi connectivity index (χ3n) is 5.58. The van der Waals surface area contributed by atoms with Crippen molar-refractivity contribution in [2.75, 3.05) is 31.6 Å². The molecule has 3 fully saturated rings. The summed E-state index contributed by atoms with van der Waals surface area (Å²) in [6.07, 6.45) is 0.526. The third kappa shape index (κ3) is 3.07. The molecule has 7 nitrogen and oxygen atoms in total. The van der Waals surface area contributed by atoms with Crippen molar-refractivity contribution >= 4 is 29.2 Å². The van der Waals surface area contributed by atoms with Crippen LogP contribution in [0.1, 0.15) is 20.3 Å². The lowest BCUT2D eigenvalue weighted by Crippen LogP contribution is -2.66. The van der Waals surface area contributed by atoms with Crippen LogP contribution in [0.25, 0.3) is 0 Å². The summed E-state index contributed by atoms with van der Waals surface area (Å²) in [5.74, 6) is 0.143. The first-order chi connectivity index (χ1) is 12.9. The molecule has 0 radical (unpaired) electrons. The second-order valence-corrected chi connectivity index (χ2v) is 8.36. The number of hydrogen-bond acceptors (Lipinski definition) is 5. The predicted molar refractivity (Wildman–Crippen MR) is 104 cm³/mol. The van der Waals surface area contributed by atoms with Gasteiger partial charge in [-0.05, 0) is 36.6 Å². The van der Waals surface area contributed by atoms with E-state index in [1.807, 2.05) is 38.1 Å². The number of carbonyl (C=O) groups excluding carboxylic acids is 2. The van der Waals surface area contributed by atoms with Crippen LogP contribution in [0.2, 0.25) is 5.02 Å². The van der Waals surface area contributed by atoms with E-state index < -0.39 is 0 Å². The van der Waals surface area contributed by atoms with Crippen molar-refractivity contribution in [2.45, 2.75) is 38.8 Å². The second-order valence-electron chi connectivity index (χ2n) is 7.93. The van der Waals surface area contributed by atoms with Gasteiger partial charge in [0.25, 0.3) is 5.91 Å². The molecule has 8 heteroatoms. The maximum Gasteiger partial charge on any atom is 0.327 e. The summed E-state index contributed by atoms with van der Waals surface area (Å²) < 4.78 is 0. The van der Waals surface area contributed by atoms with Crippen LogP contribution in [-0.2, 0) is 4.79 Å². The highest BCUT2D eigenvalue weighted by molar-refractivity contribution is 6.30. The van der Waals surface area contributed by atoms with Crippen molar-refractivity contribution in [1.82, 2.24) is 20.0 Å². The first-order valence-corrected chi connectivity index (χ1v) is 9.88. The fraction of sp³-hybridized carbons (Fsp3) is 0.579. The molecule has 3 unspecified atom stereocenters. The van der Waals surface area contributed by atoms with Gasteiger partial charge in [0.05, 0.1) is 0 Å². The van der Waals surface area contributed by atoms with Gasteiger partial charge in [0.1, 0.15) is 18.5 Å². The fourth-order valence-electron chi connectivity index (χ4n) is 4.35. The number of halogens is 1. The number of nitrogens with one attached hydrogen (secondary N) is 1. The number of benzene rings is 1. The van der Waals surface area contributed by atoms with Crippen LogP contribution in [0.3, 0.4) is 0 Å².